The summed E-state index contributed by atoms with van der Waals surface area (Å²) in [5.41, 5.74) is 1.10. The van der Waals surface area contributed by atoms with Crippen molar-refractivity contribution in [2.24, 2.45) is 23.7 Å². The van der Waals surface area contributed by atoms with Crippen molar-refractivity contribution < 1.29 is 14.7 Å². The number of rotatable bonds is 3. The molecular formula is C19H21ClN2O3. The molecule has 3 unspecified atom stereocenters. The smallest absolute Gasteiger partial charge is 0.307 e. The highest BCUT2D eigenvalue weighted by Crippen LogP contribution is 2.48. The van der Waals surface area contributed by atoms with Gasteiger partial charge in [-0.25, -0.2) is 0 Å². The van der Waals surface area contributed by atoms with E-state index in [0.29, 0.717) is 18.1 Å². The van der Waals surface area contributed by atoms with Crippen LogP contribution in [0.4, 0.5) is 5.69 Å². The Labute approximate surface area is 151 Å². The quantitative estimate of drug-likeness (QED) is 0.841. The van der Waals surface area contributed by atoms with Crippen molar-refractivity contribution in [2.45, 2.75) is 6.42 Å². The van der Waals surface area contributed by atoms with Gasteiger partial charge in [-0.15, -0.1) is 0 Å². The van der Waals surface area contributed by atoms with E-state index in [-0.39, 0.29) is 17.7 Å². The van der Waals surface area contributed by atoms with Gasteiger partial charge in [0.15, 0.2) is 0 Å². The van der Waals surface area contributed by atoms with Crippen molar-refractivity contribution in [3.05, 3.63) is 41.4 Å². The van der Waals surface area contributed by atoms with Crippen molar-refractivity contribution in [1.82, 2.24) is 4.90 Å². The minimum absolute atomic E-state index is 0.0139. The number of hydrogen-bond acceptors (Lipinski definition) is 3. The lowest BCUT2D eigenvalue weighted by Crippen LogP contribution is -2.52. The maximum absolute atomic E-state index is 13.0. The first-order chi connectivity index (χ1) is 12.0. The molecule has 1 saturated heterocycles. The fourth-order valence-corrected chi connectivity index (χ4v) is 4.67. The third-order valence-corrected chi connectivity index (χ3v) is 6.06. The molecule has 1 aromatic rings. The predicted molar refractivity (Wildman–Crippen MR) is 95.6 cm³/mol. The highest BCUT2D eigenvalue weighted by atomic mass is 35.5. The third kappa shape index (κ3) is 2.91. The standard InChI is InChI=1S/C19H21ClN2O3/c20-14-3-5-15(6-4-14)21-7-9-22(10-8-21)18(23)16-12-1-2-13(11-12)17(16)19(24)25/h1-6,12-13,16-17H,7-11H2,(H,24,25)/t12?,13?,16?,17-/m0/s1. The molecule has 0 spiro atoms. The van der Waals surface area contributed by atoms with Gasteiger partial charge in [0.25, 0.3) is 0 Å². The van der Waals surface area contributed by atoms with Gasteiger partial charge in [-0.2, -0.15) is 0 Å². The Morgan fingerprint density at radius 3 is 2.16 bits per heavy atom. The Kier molecular flexibility index (Phi) is 4.20. The number of fused-ring (bicyclic) bond motifs is 2. The van der Waals surface area contributed by atoms with Crippen LogP contribution in [0.1, 0.15) is 6.42 Å². The molecule has 0 aromatic heterocycles. The summed E-state index contributed by atoms with van der Waals surface area (Å²) in [5, 5.41) is 10.3. The molecule has 3 aliphatic rings. The minimum Gasteiger partial charge on any atom is -0.481 e. The summed E-state index contributed by atoms with van der Waals surface area (Å²) in [6, 6.07) is 7.71. The second kappa shape index (κ2) is 6.37. The van der Waals surface area contributed by atoms with Crippen LogP contribution in [0.25, 0.3) is 0 Å². The lowest BCUT2D eigenvalue weighted by molar-refractivity contribution is -0.151. The number of halogens is 1. The highest BCUT2D eigenvalue weighted by molar-refractivity contribution is 6.30. The Morgan fingerprint density at radius 2 is 1.56 bits per heavy atom. The van der Waals surface area contributed by atoms with Crippen molar-refractivity contribution in [2.75, 3.05) is 31.1 Å². The van der Waals surface area contributed by atoms with E-state index in [1.165, 1.54) is 0 Å². The summed E-state index contributed by atoms with van der Waals surface area (Å²) in [6.45, 7) is 2.76. The molecule has 0 radical (unpaired) electrons. The predicted octanol–water partition coefficient (Wildman–Crippen LogP) is 2.51. The molecule has 25 heavy (non-hydrogen) atoms. The van der Waals surface area contributed by atoms with Crippen LogP contribution in [0.15, 0.2) is 36.4 Å². The lowest BCUT2D eigenvalue weighted by Gasteiger charge is -2.38. The topological polar surface area (TPSA) is 60.9 Å². The van der Waals surface area contributed by atoms with Crippen LogP contribution < -0.4 is 4.90 Å². The molecule has 1 saturated carbocycles. The monoisotopic (exact) mass is 360 g/mol. The van der Waals surface area contributed by atoms with Crippen LogP contribution >= 0.6 is 11.6 Å². The van der Waals surface area contributed by atoms with Crippen LogP contribution in [-0.4, -0.2) is 48.1 Å². The molecule has 4 rings (SSSR count). The highest BCUT2D eigenvalue weighted by Gasteiger charge is 2.52. The van der Waals surface area contributed by atoms with Gasteiger partial charge < -0.3 is 14.9 Å². The maximum Gasteiger partial charge on any atom is 0.307 e. The molecule has 4 atom stereocenters. The Bertz CT molecular complexity index is 710. The number of benzene rings is 1. The molecule has 132 valence electrons. The molecule has 1 heterocycles. The molecular weight excluding hydrogens is 340 g/mol. The average molecular weight is 361 g/mol. The average Bonchev–Trinajstić information content (AvgIpc) is 3.23. The zero-order valence-corrected chi connectivity index (χ0v) is 14.6. The summed E-state index contributed by atoms with van der Waals surface area (Å²) in [6.07, 6.45) is 4.82. The zero-order valence-electron chi connectivity index (χ0n) is 13.8. The number of anilines is 1. The van der Waals surface area contributed by atoms with E-state index in [4.69, 9.17) is 11.6 Å². The van der Waals surface area contributed by atoms with Crippen molar-refractivity contribution >= 4 is 29.2 Å². The van der Waals surface area contributed by atoms with Crippen molar-refractivity contribution in [1.29, 1.82) is 0 Å². The van der Waals surface area contributed by atoms with E-state index in [1.54, 1.807) is 0 Å². The zero-order chi connectivity index (χ0) is 17.6. The second-order valence-electron chi connectivity index (χ2n) is 7.13. The van der Waals surface area contributed by atoms with Gasteiger partial charge in [-0.3, -0.25) is 9.59 Å². The lowest BCUT2D eigenvalue weighted by atomic mass is 9.82. The van der Waals surface area contributed by atoms with E-state index in [0.717, 1.165) is 25.2 Å². The number of carbonyl (C=O) groups is 2. The Morgan fingerprint density at radius 1 is 0.960 bits per heavy atom. The number of nitrogens with zero attached hydrogens (tertiary/aromatic N) is 2. The molecule has 2 bridgehead atoms. The SMILES string of the molecule is O=C(O)[C@H]1C2C=CC(C2)C1C(=O)N1CCN(c2ccc(Cl)cc2)CC1. The first kappa shape index (κ1) is 16.5. The molecule has 6 heteroatoms. The van der Waals surface area contributed by atoms with Crippen LogP contribution in [0, 0.1) is 23.7 Å². The largest absolute Gasteiger partial charge is 0.481 e. The molecule has 1 amide bonds. The number of aliphatic carboxylic acids is 1. The van der Waals surface area contributed by atoms with Gasteiger partial charge in [0.2, 0.25) is 5.91 Å². The second-order valence-corrected chi connectivity index (χ2v) is 7.56. The summed E-state index contributed by atoms with van der Waals surface area (Å²) in [7, 11) is 0. The van der Waals surface area contributed by atoms with Crippen molar-refractivity contribution in [3.8, 4) is 0 Å². The Hall–Kier alpha value is -2.01. The number of allylic oxidation sites excluding steroid dienone is 2. The van der Waals surface area contributed by atoms with Gasteiger partial charge >= 0.3 is 5.97 Å². The summed E-state index contributed by atoms with van der Waals surface area (Å²) in [5.74, 6) is -1.67. The summed E-state index contributed by atoms with van der Waals surface area (Å²) < 4.78 is 0. The van der Waals surface area contributed by atoms with E-state index < -0.39 is 17.8 Å². The maximum atomic E-state index is 13.0. The third-order valence-electron chi connectivity index (χ3n) is 5.81. The van der Waals surface area contributed by atoms with Crippen molar-refractivity contribution in [3.63, 3.8) is 0 Å². The number of carbonyl (C=O) groups excluding carboxylic acids is 1. The van der Waals surface area contributed by atoms with Crippen LogP contribution in [0.2, 0.25) is 5.02 Å². The molecule has 1 aromatic carbocycles. The normalized spacial score (nSPS) is 30.8. The molecule has 1 N–H and O–H groups in total. The molecule has 2 fully saturated rings. The van der Waals surface area contributed by atoms with Gasteiger partial charge in [0, 0.05) is 36.9 Å². The summed E-state index contributed by atoms with van der Waals surface area (Å²) in [4.78, 5) is 28.7. The number of amides is 1. The van der Waals surface area contributed by atoms with Gasteiger partial charge in [0.1, 0.15) is 0 Å². The van der Waals surface area contributed by atoms with Gasteiger partial charge in [-0.05, 0) is 42.5 Å². The van der Waals surface area contributed by atoms with E-state index in [1.807, 2.05) is 41.3 Å². The van der Waals surface area contributed by atoms with E-state index in [9.17, 15) is 14.7 Å². The Balaban J connectivity index is 1.42. The first-order valence-corrected chi connectivity index (χ1v) is 9.13. The number of carboxylic acid groups (broad SMARTS) is 1. The molecule has 5 nitrogen and oxygen atoms in total. The van der Waals surface area contributed by atoms with Gasteiger partial charge in [-0.1, -0.05) is 23.8 Å². The first-order valence-electron chi connectivity index (χ1n) is 8.75. The van der Waals surface area contributed by atoms with Crippen LogP contribution in [0.3, 0.4) is 0 Å². The fraction of sp³-hybridized carbons (Fsp3) is 0.474. The van der Waals surface area contributed by atoms with Crippen LogP contribution in [-0.2, 0) is 9.59 Å². The fourth-order valence-electron chi connectivity index (χ4n) is 4.54. The van der Waals surface area contributed by atoms with E-state index in [2.05, 4.69) is 4.90 Å². The van der Waals surface area contributed by atoms with Gasteiger partial charge in [0.05, 0.1) is 11.8 Å². The molecule has 2 aliphatic carbocycles. The molecule has 1 aliphatic heterocycles. The van der Waals surface area contributed by atoms with Crippen LogP contribution in [0.5, 0.6) is 0 Å². The summed E-state index contributed by atoms with van der Waals surface area (Å²) >= 11 is 5.93. The minimum atomic E-state index is -0.838. The number of hydrogen-bond donors (Lipinski definition) is 1. The number of piperazine rings is 1. The number of carboxylic acids is 1. The van der Waals surface area contributed by atoms with E-state index >= 15 is 0 Å².